The third-order valence-corrected chi connectivity index (χ3v) is 5.75. The Hall–Kier alpha value is -0.370. The van der Waals surface area contributed by atoms with Crippen molar-refractivity contribution < 1.29 is 13.2 Å². The van der Waals surface area contributed by atoms with Crippen LogP contribution in [-0.4, -0.2) is 57.6 Å². The van der Waals surface area contributed by atoms with Gasteiger partial charge in [-0.3, -0.25) is 4.79 Å². The summed E-state index contributed by atoms with van der Waals surface area (Å²) in [7, 11) is -3.14. The van der Waals surface area contributed by atoms with Crippen molar-refractivity contribution in [1.82, 2.24) is 14.9 Å². The first-order valence-electron chi connectivity index (χ1n) is 8.27. The molecular formula is C15H32ClN3O3S. The second-order valence-electron chi connectivity index (χ2n) is 6.25. The van der Waals surface area contributed by atoms with E-state index in [9.17, 15) is 13.2 Å². The molecule has 138 valence electrons. The van der Waals surface area contributed by atoms with Crippen LogP contribution in [0.2, 0.25) is 0 Å². The van der Waals surface area contributed by atoms with Gasteiger partial charge in [-0.15, -0.1) is 12.4 Å². The van der Waals surface area contributed by atoms with Crippen molar-refractivity contribution in [2.24, 2.45) is 11.8 Å². The number of hydrogen-bond acceptors (Lipinski definition) is 4. The van der Waals surface area contributed by atoms with Gasteiger partial charge in [0.1, 0.15) is 0 Å². The smallest absolute Gasteiger partial charge is 0.220 e. The number of carbonyl (C=O) groups is 1. The molecule has 1 aliphatic rings. The van der Waals surface area contributed by atoms with Crippen LogP contribution in [0.1, 0.15) is 39.5 Å². The Bertz CT molecular complexity index is 439. The molecule has 0 bridgehead atoms. The molecule has 0 aliphatic carbocycles. The number of carbonyl (C=O) groups excluding carboxylic acids is 1. The van der Waals surface area contributed by atoms with Gasteiger partial charge in [0.05, 0.1) is 6.26 Å². The minimum absolute atomic E-state index is 0. The molecule has 1 aliphatic heterocycles. The SMILES string of the molecule is CCN(CCCNC(=O)CC(C)C1CCCNC1)S(C)(=O)=O.Cl. The zero-order valence-electron chi connectivity index (χ0n) is 14.5. The largest absolute Gasteiger partial charge is 0.356 e. The van der Waals surface area contributed by atoms with E-state index in [2.05, 4.69) is 17.6 Å². The van der Waals surface area contributed by atoms with E-state index >= 15 is 0 Å². The Morgan fingerprint density at radius 3 is 2.65 bits per heavy atom. The van der Waals surface area contributed by atoms with Crippen LogP contribution in [0.15, 0.2) is 0 Å². The number of halogens is 1. The summed E-state index contributed by atoms with van der Waals surface area (Å²) in [6.07, 6.45) is 4.80. The number of rotatable bonds is 9. The van der Waals surface area contributed by atoms with Crippen LogP contribution in [0.25, 0.3) is 0 Å². The van der Waals surface area contributed by atoms with Crippen molar-refractivity contribution >= 4 is 28.3 Å². The Kier molecular flexibility index (Phi) is 11.1. The summed E-state index contributed by atoms with van der Waals surface area (Å²) >= 11 is 0. The maximum atomic E-state index is 11.9. The van der Waals surface area contributed by atoms with E-state index < -0.39 is 10.0 Å². The summed E-state index contributed by atoms with van der Waals surface area (Å²) in [4.78, 5) is 11.9. The zero-order chi connectivity index (χ0) is 16.6. The highest BCUT2D eigenvalue weighted by molar-refractivity contribution is 7.88. The molecule has 1 heterocycles. The van der Waals surface area contributed by atoms with Gasteiger partial charge in [-0.25, -0.2) is 12.7 Å². The van der Waals surface area contributed by atoms with E-state index in [1.54, 1.807) is 0 Å². The summed E-state index contributed by atoms with van der Waals surface area (Å²) in [5, 5.41) is 6.28. The number of hydrogen-bond donors (Lipinski definition) is 2. The molecule has 0 saturated carbocycles. The van der Waals surface area contributed by atoms with Crippen molar-refractivity contribution in [3.8, 4) is 0 Å². The van der Waals surface area contributed by atoms with Gasteiger partial charge in [-0.1, -0.05) is 13.8 Å². The molecule has 1 fully saturated rings. The van der Waals surface area contributed by atoms with Crippen molar-refractivity contribution in [1.29, 1.82) is 0 Å². The molecule has 0 radical (unpaired) electrons. The first kappa shape index (κ1) is 22.6. The fraction of sp³-hybridized carbons (Fsp3) is 0.933. The minimum Gasteiger partial charge on any atom is -0.356 e. The second kappa shape index (κ2) is 11.2. The normalized spacial score (nSPS) is 19.9. The van der Waals surface area contributed by atoms with Crippen molar-refractivity contribution in [2.75, 3.05) is 39.0 Å². The van der Waals surface area contributed by atoms with Crippen LogP contribution in [0, 0.1) is 11.8 Å². The summed E-state index contributed by atoms with van der Waals surface area (Å²) in [5.74, 6) is 1.04. The molecule has 0 aromatic rings. The molecule has 2 N–H and O–H groups in total. The molecule has 8 heteroatoms. The fourth-order valence-corrected chi connectivity index (χ4v) is 3.87. The molecule has 23 heavy (non-hydrogen) atoms. The lowest BCUT2D eigenvalue weighted by atomic mass is 9.85. The molecule has 2 unspecified atom stereocenters. The predicted molar refractivity (Wildman–Crippen MR) is 96.3 cm³/mol. The van der Waals surface area contributed by atoms with Crippen molar-refractivity contribution in [2.45, 2.75) is 39.5 Å². The quantitative estimate of drug-likeness (QED) is 0.599. The molecule has 1 rings (SSSR count). The average molecular weight is 370 g/mol. The molecule has 0 spiro atoms. The van der Waals surface area contributed by atoms with Crippen LogP contribution < -0.4 is 10.6 Å². The maximum absolute atomic E-state index is 11.9. The van der Waals surface area contributed by atoms with Crippen LogP contribution in [-0.2, 0) is 14.8 Å². The lowest BCUT2D eigenvalue weighted by molar-refractivity contribution is -0.122. The maximum Gasteiger partial charge on any atom is 0.220 e. The number of nitrogens with one attached hydrogen (secondary N) is 2. The monoisotopic (exact) mass is 369 g/mol. The molecule has 6 nitrogen and oxygen atoms in total. The van der Waals surface area contributed by atoms with E-state index in [1.165, 1.54) is 23.4 Å². The second-order valence-corrected chi connectivity index (χ2v) is 8.23. The molecule has 1 saturated heterocycles. The average Bonchev–Trinajstić information content (AvgIpc) is 2.46. The third-order valence-electron chi connectivity index (χ3n) is 4.38. The van der Waals surface area contributed by atoms with E-state index in [4.69, 9.17) is 0 Å². The van der Waals surface area contributed by atoms with E-state index in [1.807, 2.05) is 6.92 Å². The molecule has 2 atom stereocenters. The number of amides is 1. The fourth-order valence-electron chi connectivity index (χ4n) is 2.94. The molecule has 1 amide bonds. The van der Waals surface area contributed by atoms with Gasteiger partial charge in [-0.2, -0.15) is 0 Å². The summed E-state index contributed by atoms with van der Waals surface area (Å²) in [6.45, 7) is 7.51. The van der Waals surface area contributed by atoms with Gasteiger partial charge in [0.25, 0.3) is 0 Å². The Balaban J connectivity index is 0.00000484. The Labute approximate surface area is 147 Å². The Morgan fingerprint density at radius 1 is 1.43 bits per heavy atom. The van der Waals surface area contributed by atoms with Gasteiger partial charge < -0.3 is 10.6 Å². The first-order valence-corrected chi connectivity index (χ1v) is 10.1. The van der Waals surface area contributed by atoms with Crippen LogP contribution in [0.4, 0.5) is 0 Å². The van der Waals surface area contributed by atoms with Gasteiger partial charge >= 0.3 is 0 Å². The highest BCUT2D eigenvalue weighted by Crippen LogP contribution is 2.22. The number of piperidine rings is 1. The number of nitrogens with zero attached hydrogens (tertiary/aromatic N) is 1. The highest BCUT2D eigenvalue weighted by atomic mass is 35.5. The molecule has 0 aromatic heterocycles. The lowest BCUT2D eigenvalue weighted by Crippen LogP contribution is -2.36. The summed E-state index contributed by atoms with van der Waals surface area (Å²) < 4.78 is 24.3. The van der Waals surface area contributed by atoms with Crippen LogP contribution in [0.3, 0.4) is 0 Å². The van der Waals surface area contributed by atoms with Crippen LogP contribution >= 0.6 is 12.4 Å². The molecular weight excluding hydrogens is 338 g/mol. The zero-order valence-corrected chi connectivity index (χ0v) is 16.1. The molecule has 0 aromatic carbocycles. The van der Waals surface area contributed by atoms with Gasteiger partial charge in [0.15, 0.2) is 0 Å². The van der Waals surface area contributed by atoms with E-state index in [-0.39, 0.29) is 18.3 Å². The standard InChI is InChI=1S/C15H31N3O3S.ClH/c1-4-18(22(3,20)21)10-6-9-17-15(19)11-13(2)14-7-5-8-16-12-14;/h13-14,16H,4-12H2,1-3H3,(H,17,19);1H. The first-order chi connectivity index (χ1) is 10.3. The summed E-state index contributed by atoms with van der Waals surface area (Å²) in [5.41, 5.74) is 0. The van der Waals surface area contributed by atoms with Crippen molar-refractivity contribution in [3.63, 3.8) is 0 Å². The van der Waals surface area contributed by atoms with E-state index in [0.717, 1.165) is 13.1 Å². The number of sulfonamides is 1. The van der Waals surface area contributed by atoms with Crippen molar-refractivity contribution in [3.05, 3.63) is 0 Å². The van der Waals surface area contributed by atoms with Gasteiger partial charge in [-0.05, 0) is 44.2 Å². The lowest BCUT2D eigenvalue weighted by Gasteiger charge is -2.28. The Morgan fingerprint density at radius 2 is 2.13 bits per heavy atom. The third kappa shape index (κ3) is 8.88. The van der Waals surface area contributed by atoms with Crippen LogP contribution in [0.5, 0.6) is 0 Å². The summed E-state index contributed by atoms with van der Waals surface area (Å²) in [6, 6.07) is 0. The van der Waals surface area contributed by atoms with E-state index in [0.29, 0.717) is 44.3 Å². The topological polar surface area (TPSA) is 78.5 Å². The minimum atomic E-state index is -3.14. The van der Waals surface area contributed by atoms with Gasteiger partial charge in [0, 0.05) is 26.1 Å². The predicted octanol–water partition coefficient (Wildman–Crippen LogP) is 1.22. The van der Waals surface area contributed by atoms with Gasteiger partial charge in [0.2, 0.25) is 15.9 Å². The highest BCUT2D eigenvalue weighted by Gasteiger charge is 2.21.